The van der Waals surface area contributed by atoms with Crippen molar-refractivity contribution in [1.82, 2.24) is 4.98 Å². The van der Waals surface area contributed by atoms with Crippen molar-refractivity contribution in [3.8, 4) is 0 Å². The Balaban J connectivity index is 2.92. The smallest absolute Gasteiger partial charge is 0.144 e. The van der Waals surface area contributed by atoms with Crippen LogP contribution in [0.15, 0.2) is 0 Å². The molecule has 56 valence electrons. The molecule has 1 aromatic heterocycles. The van der Waals surface area contributed by atoms with E-state index >= 15 is 0 Å². The van der Waals surface area contributed by atoms with E-state index in [1.807, 2.05) is 0 Å². The van der Waals surface area contributed by atoms with Crippen molar-refractivity contribution in [3.05, 3.63) is 15.0 Å². The highest BCUT2D eigenvalue weighted by Gasteiger charge is 2.04. The summed E-state index contributed by atoms with van der Waals surface area (Å²) in [6.07, 6.45) is 0.935. The molecule has 0 fully saturated rings. The van der Waals surface area contributed by atoms with Crippen molar-refractivity contribution in [2.24, 2.45) is 5.73 Å². The molecule has 4 heteroatoms. The minimum absolute atomic E-state index is 0.497. The van der Waals surface area contributed by atoms with Crippen molar-refractivity contribution < 1.29 is 0 Å². The van der Waals surface area contributed by atoms with Crippen molar-refractivity contribution in [3.63, 3.8) is 0 Å². The zero-order valence-corrected chi connectivity index (χ0v) is 7.30. The Bertz CT molecular complexity index is 222. The van der Waals surface area contributed by atoms with Crippen LogP contribution in [-0.4, -0.2) is 4.98 Å². The number of thiazole rings is 1. The van der Waals surface area contributed by atoms with Crippen LogP contribution in [0.25, 0.3) is 0 Å². The summed E-state index contributed by atoms with van der Waals surface area (Å²) in [5.41, 5.74) is 5.40. The Kier molecular flexibility index (Phi) is 2.65. The molecule has 0 radical (unpaired) electrons. The average Bonchev–Trinajstić information content (AvgIpc) is 2.30. The summed E-state index contributed by atoms with van der Waals surface area (Å²) < 4.78 is 0. The molecule has 0 aromatic carbocycles. The first-order chi connectivity index (χ1) is 4.77. The van der Waals surface area contributed by atoms with Gasteiger partial charge in [0.1, 0.15) is 5.15 Å². The number of nitrogens with zero attached hydrogens (tertiary/aromatic N) is 1. The van der Waals surface area contributed by atoms with E-state index in [0.717, 1.165) is 16.3 Å². The first-order valence-electron chi connectivity index (χ1n) is 3.12. The Morgan fingerprint density at radius 3 is 2.70 bits per heavy atom. The van der Waals surface area contributed by atoms with Crippen molar-refractivity contribution in [1.29, 1.82) is 0 Å². The molecule has 10 heavy (non-hydrogen) atoms. The minimum atomic E-state index is 0.497. The van der Waals surface area contributed by atoms with Gasteiger partial charge in [0.25, 0.3) is 0 Å². The Hall–Kier alpha value is -0.120. The zero-order valence-electron chi connectivity index (χ0n) is 5.72. The van der Waals surface area contributed by atoms with E-state index in [1.165, 1.54) is 0 Å². The highest BCUT2D eigenvalue weighted by molar-refractivity contribution is 7.12. The van der Waals surface area contributed by atoms with E-state index in [-0.39, 0.29) is 0 Å². The molecule has 0 atom stereocenters. The van der Waals surface area contributed by atoms with Crippen LogP contribution in [0.3, 0.4) is 0 Å². The molecule has 0 bridgehead atoms. The van der Waals surface area contributed by atoms with Gasteiger partial charge < -0.3 is 5.73 Å². The molecule has 0 aliphatic rings. The lowest BCUT2D eigenvalue weighted by molar-refractivity contribution is 1.07. The Morgan fingerprint density at radius 2 is 2.40 bits per heavy atom. The van der Waals surface area contributed by atoms with Gasteiger partial charge >= 0.3 is 0 Å². The van der Waals surface area contributed by atoms with Gasteiger partial charge in [-0.1, -0.05) is 18.5 Å². The Labute approximate surface area is 69.0 Å². The number of rotatable bonds is 2. The Morgan fingerprint density at radius 1 is 1.70 bits per heavy atom. The summed E-state index contributed by atoms with van der Waals surface area (Å²) in [6, 6.07) is 0. The van der Waals surface area contributed by atoms with Gasteiger partial charge in [-0.15, -0.1) is 11.3 Å². The van der Waals surface area contributed by atoms with Crippen LogP contribution in [0.4, 0.5) is 0 Å². The molecule has 1 aromatic rings. The molecule has 1 heterocycles. The molecule has 0 aliphatic carbocycles. The quantitative estimate of drug-likeness (QED) is 0.747. The monoisotopic (exact) mass is 176 g/mol. The summed E-state index contributed by atoms with van der Waals surface area (Å²) in [6.45, 7) is 2.55. The topological polar surface area (TPSA) is 38.9 Å². The van der Waals surface area contributed by atoms with E-state index in [0.29, 0.717) is 11.7 Å². The van der Waals surface area contributed by atoms with Crippen LogP contribution >= 0.6 is 22.9 Å². The number of aromatic nitrogens is 1. The number of hydrogen-bond acceptors (Lipinski definition) is 3. The third-order valence-corrected chi connectivity index (χ3v) is 2.83. The fraction of sp³-hybridized carbons (Fsp3) is 0.500. The van der Waals surface area contributed by atoms with Gasteiger partial charge in [-0.2, -0.15) is 0 Å². The zero-order chi connectivity index (χ0) is 7.56. The summed E-state index contributed by atoms with van der Waals surface area (Å²) >= 11 is 7.33. The molecule has 0 saturated carbocycles. The third-order valence-electron chi connectivity index (χ3n) is 1.18. The molecule has 1 rings (SSSR count). The normalized spacial score (nSPS) is 10.3. The van der Waals surface area contributed by atoms with Gasteiger partial charge in [0.05, 0.1) is 9.88 Å². The van der Waals surface area contributed by atoms with Crippen LogP contribution < -0.4 is 5.73 Å². The van der Waals surface area contributed by atoms with E-state index < -0.39 is 0 Å². The van der Waals surface area contributed by atoms with Crippen LogP contribution in [0.2, 0.25) is 5.15 Å². The van der Waals surface area contributed by atoms with Gasteiger partial charge in [0.15, 0.2) is 0 Å². The lowest BCUT2D eigenvalue weighted by Crippen LogP contribution is -1.92. The van der Waals surface area contributed by atoms with Gasteiger partial charge in [0, 0.05) is 6.54 Å². The number of nitrogens with two attached hydrogens (primary N) is 1. The van der Waals surface area contributed by atoms with Crippen LogP contribution in [0.1, 0.15) is 16.8 Å². The summed E-state index contributed by atoms with van der Waals surface area (Å²) in [7, 11) is 0. The third kappa shape index (κ3) is 1.48. The number of aryl methyl sites for hydroxylation is 1. The van der Waals surface area contributed by atoms with Crippen molar-refractivity contribution >= 4 is 22.9 Å². The van der Waals surface area contributed by atoms with Gasteiger partial charge in [-0.3, -0.25) is 0 Å². The van der Waals surface area contributed by atoms with Crippen molar-refractivity contribution in [2.75, 3.05) is 0 Å². The van der Waals surface area contributed by atoms with Gasteiger partial charge in [0.2, 0.25) is 0 Å². The fourth-order valence-electron chi connectivity index (χ4n) is 0.656. The van der Waals surface area contributed by atoms with Crippen LogP contribution in [-0.2, 0) is 13.0 Å². The summed E-state index contributed by atoms with van der Waals surface area (Å²) in [5.74, 6) is 0. The molecule has 0 spiro atoms. The standard InChI is InChI=1S/C6H9ClN2S/c1-2-5-9-6(7)4(3-8)10-5/h2-3,8H2,1H3. The maximum atomic E-state index is 5.74. The maximum absolute atomic E-state index is 5.74. The molecule has 0 amide bonds. The van der Waals surface area contributed by atoms with Crippen LogP contribution in [0.5, 0.6) is 0 Å². The van der Waals surface area contributed by atoms with E-state index in [9.17, 15) is 0 Å². The number of halogens is 1. The van der Waals surface area contributed by atoms with E-state index in [1.54, 1.807) is 11.3 Å². The first-order valence-corrected chi connectivity index (χ1v) is 4.31. The van der Waals surface area contributed by atoms with Gasteiger partial charge in [-0.25, -0.2) is 4.98 Å². The molecular weight excluding hydrogens is 168 g/mol. The molecule has 2 N–H and O–H groups in total. The second-order valence-corrected chi connectivity index (χ2v) is 3.41. The fourth-order valence-corrected chi connectivity index (χ4v) is 1.78. The largest absolute Gasteiger partial charge is 0.326 e. The predicted molar refractivity (Wildman–Crippen MR) is 44.4 cm³/mol. The molecule has 0 unspecified atom stereocenters. The molecule has 2 nitrogen and oxygen atoms in total. The summed E-state index contributed by atoms with van der Waals surface area (Å²) in [4.78, 5) is 5.09. The lowest BCUT2D eigenvalue weighted by atomic mass is 10.5. The maximum Gasteiger partial charge on any atom is 0.144 e. The highest BCUT2D eigenvalue weighted by atomic mass is 35.5. The van der Waals surface area contributed by atoms with E-state index in [2.05, 4.69) is 11.9 Å². The summed E-state index contributed by atoms with van der Waals surface area (Å²) in [5, 5.41) is 1.63. The average molecular weight is 177 g/mol. The van der Waals surface area contributed by atoms with Crippen LogP contribution in [0, 0.1) is 0 Å². The van der Waals surface area contributed by atoms with Crippen molar-refractivity contribution in [2.45, 2.75) is 19.9 Å². The second-order valence-electron chi connectivity index (χ2n) is 1.88. The lowest BCUT2D eigenvalue weighted by Gasteiger charge is -1.84. The highest BCUT2D eigenvalue weighted by Crippen LogP contribution is 2.22. The molecular formula is C6H9ClN2S. The predicted octanol–water partition coefficient (Wildman–Crippen LogP) is 1.82. The minimum Gasteiger partial charge on any atom is -0.326 e. The first kappa shape index (κ1) is 7.98. The second kappa shape index (κ2) is 3.32. The SMILES string of the molecule is CCc1nc(Cl)c(CN)s1. The van der Waals surface area contributed by atoms with Gasteiger partial charge in [-0.05, 0) is 6.42 Å². The molecule has 0 saturated heterocycles. The molecule has 0 aliphatic heterocycles. The number of hydrogen-bond donors (Lipinski definition) is 1. The van der Waals surface area contributed by atoms with E-state index in [4.69, 9.17) is 17.3 Å².